The molecule has 5 heteroatoms. The van der Waals surface area contributed by atoms with Gasteiger partial charge in [-0.3, -0.25) is 4.79 Å². The summed E-state index contributed by atoms with van der Waals surface area (Å²) in [5.74, 6) is -0.202. The van der Waals surface area contributed by atoms with Crippen LogP contribution in [0.1, 0.15) is 6.92 Å². The Labute approximate surface area is 70.7 Å². The van der Waals surface area contributed by atoms with Crippen LogP contribution >= 0.6 is 12.6 Å². The van der Waals surface area contributed by atoms with Crippen molar-refractivity contribution >= 4 is 25.0 Å². The highest BCUT2D eigenvalue weighted by Gasteiger charge is 2.15. The molecule has 0 aliphatic heterocycles. The van der Waals surface area contributed by atoms with Gasteiger partial charge in [0.25, 0.3) is 0 Å². The van der Waals surface area contributed by atoms with Crippen LogP contribution in [0.5, 0.6) is 0 Å². The van der Waals surface area contributed by atoms with E-state index < -0.39 is 12.0 Å². The zero-order valence-corrected chi connectivity index (χ0v) is 7.14. The summed E-state index contributed by atoms with van der Waals surface area (Å²) in [6, 6.07) is -0.629. The van der Waals surface area contributed by atoms with Crippen LogP contribution in [0.3, 0.4) is 0 Å². The number of hydrogen-bond donors (Lipinski definition) is 2. The average molecular weight is 177 g/mol. The lowest BCUT2D eigenvalue weighted by Gasteiger charge is -2.10. The highest BCUT2D eigenvalue weighted by atomic mass is 32.1. The van der Waals surface area contributed by atoms with Crippen molar-refractivity contribution < 1.29 is 14.3 Å². The summed E-state index contributed by atoms with van der Waals surface area (Å²) in [5.41, 5.74) is 0. The molecule has 1 amide bonds. The molecule has 0 aromatic carbocycles. The third-order valence-electron chi connectivity index (χ3n) is 1.02. The number of ether oxygens (including phenoxy) is 1. The highest BCUT2D eigenvalue weighted by molar-refractivity contribution is 7.80. The van der Waals surface area contributed by atoms with Crippen molar-refractivity contribution in [3.8, 4) is 0 Å². The minimum atomic E-state index is -0.629. The van der Waals surface area contributed by atoms with E-state index in [2.05, 4.69) is 22.7 Å². The number of thiol groups is 1. The standard InChI is InChI=1S/C6H11NO3S/c1-2-10-6(9)5(3-11)7-4-8/h4-5,11H,2-3H2,1H3,(H,7,8)/t5-/m0/s1. The van der Waals surface area contributed by atoms with Gasteiger partial charge in [-0.2, -0.15) is 12.6 Å². The van der Waals surface area contributed by atoms with Crippen LogP contribution in [-0.4, -0.2) is 30.8 Å². The number of carbonyl (C=O) groups is 2. The van der Waals surface area contributed by atoms with E-state index in [0.29, 0.717) is 13.0 Å². The monoisotopic (exact) mass is 177 g/mol. The molecule has 64 valence electrons. The molecule has 0 saturated carbocycles. The molecular weight excluding hydrogens is 166 g/mol. The van der Waals surface area contributed by atoms with Crippen molar-refractivity contribution in [2.24, 2.45) is 0 Å². The molecule has 0 fully saturated rings. The predicted octanol–water partition coefficient (Wildman–Crippen LogP) is -0.406. The van der Waals surface area contributed by atoms with Crippen molar-refractivity contribution in [2.75, 3.05) is 12.4 Å². The summed E-state index contributed by atoms with van der Waals surface area (Å²) in [6.07, 6.45) is 0.456. The second-order valence-corrected chi connectivity index (χ2v) is 2.14. The summed E-state index contributed by atoms with van der Waals surface area (Å²) in [4.78, 5) is 20.8. The van der Waals surface area contributed by atoms with E-state index >= 15 is 0 Å². The van der Waals surface area contributed by atoms with Gasteiger partial charge in [0.1, 0.15) is 6.04 Å². The Hall–Kier alpha value is -0.710. The Morgan fingerprint density at radius 2 is 2.45 bits per heavy atom. The molecule has 0 saturated heterocycles. The number of hydrogen-bond acceptors (Lipinski definition) is 4. The first kappa shape index (κ1) is 10.3. The van der Waals surface area contributed by atoms with Crippen LogP contribution < -0.4 is 5.32 Å². The summed E-state index contributed by atoms with van der Waals surface area (Å²) in [6.45, 7) is 2.01. The molecule has 1 N–H and O–H groups in total. The molecule has 0 aromatic rings. The van der Waals surface area contributed by atoms with Crippen LogP contribution in [0, 0.1) is 0 Å². The van der Waals surface area contributed by atoms with Gasteiger partial charge < -0.3 is 10.1 Å². The molecule has 0 spiro atoms. The fourth-order valence-electron chi connectivity index (χ4n) is 0.520. The van der Waals surface area contributed by atoms with Gasteiger partial charge in [-0.15, -0.1) is 0 Å². The second-order valence-electron chi connectivity index (χ2n) is 1.77. The molecule has 0 aliphatic rings. The quantitative estimate of drug-likeness (QED) is 0.341. The smallest absolute Gasteiger partial charge is 0.329 e. The van der Waals surface area contributed by atoms with E-state index in [1.54, 1.807) is 6.92 Å². The molecule has 1 atom stereocenters. The van der Waals surface area contributed by atoms with Gasteiger partial charge >= 0.3 is 5.97 Å². The second kappa shape index (κ2) is 6.03. The summed E-state index contributed by atoms with van der Waals surface area (Å²) in [5, 5.41) is 2.29. The lowest BCUT2D eigenvalue weighted by Crippen LogP contribution is -2.38. The Morgan fingerprint density at radius 1 is 1.82 bits per heavy atom. The zero-order chi connectivity index (χ0) is 8.69. The lowest BCUT2D eigenvalue weighted by molar-refractivity contribution is -0.145. The molecule has 0 aromatic heterocycles. The first-order chi connectivity index (χ1) is 5.26. The Kier molecular flexibility index (Phi) is 5.64. The van der Waals surface area contributed by atoms with E-state index in [1.165, 1.54) is 0 Å². The third-order valence-corrected chi connectivity index (χ3v) is 1.39. The van der Waals surface area contributed by atoms with Crippen LogP contribution in [0.2, 0.25) is 0 Å². The number of amides is 1. The predicted molar refractivity (Wildman–Crippen MR) is 43.5 cm³/mol. The molecule has 0 radical (unpaired) electrons. The summed E-state index contributed by atoms with van der Waals surface area (Å²) >= 11 is 3.86. The van der Waals surface area contributed by atoms with Crippen molar-refractivity contribution in [2.45, 2.75) is 13.0 Å². The van der Waals surface area contributed by atoms with Gasteiger partial charge in [-0.05, 0) is 6.92 Å². The molecule has 11 heavy (non-hydrogen) atoms. The van der Waals surface area contributed by atoms with Crippen LogP contribution in [0.25, 0.3) is 0 Å². The lowest BCUT2D eigenvalue weighted by atomic mass is 10.3. The molecule has 4 nitrogen and oxygen atoms in total. The summed E-state index contributed by atoms with van der Waals surface area (Å²) < 4.78 is 4.64. The van der Waals surface area contributed by atoms with Crippen LogP contribution in [0.15, 0.2) is 0 Å². The maximum absolute atomic E-state index is 10.9. The van der Waals surface area contributed by atoms with Crippen molar-refractivity contribution in [3.63, 3.8) is 0 Å². The largest absolute Gasteiger partial charge is 0.464 e. The zero-order valence-electron chi connectivity index (χ0n) is 6.24. The van der Waals surface area contributed by atoms with Crippen molar-refractivity contribution in [1.29, 1.82) is 0 Å². The van der Waals surface area contributed by atoms with Gasteiger partial charge in [0.05, 0.1) is 6.61 Å². The van der Waals surface area contributed by atoms with Crippen molar-refractivity contribution in [1.82, 2.24) is 5.32 Å². The van der Waals surface area contributed by atoms with Crippen molar-refractivity contribution in [3.05, 3.63) is 0 Å². The van der Waals surface area contributed by atoms with E-state index in [9.17, 15) is 9.59 Å². The number of nitrogens with one attached hydrogen (secondary N) is 1. The van der Waals surface area contributed by atoms with Gasteiger partial charge in [0.15, 0.2) is 0 Å². The summed E-state index contributed by atoms with van der Waals surface area (Å²) in [7, 11) is 0. The molecule has 0 aliphatic carbocycles. The third kappa shape index (κ3) is 3.87. The van der Waals surface area contributed by atoms with E-state index in [1.807, 2.05) is 0 Å². The van der Waals surface area contributed by atoms with Gasteiger partial charge in [-0.25, -0.2) is 4.79 Å². The van der Waals surface area contributed by atoms with E-state index in [4.69, 9.17) is 0 Å². The average Bonchev–Trinajstić information content (AvgIpc) is 2.00. The minimum absolute atomic E-state index is 0.248. The Balaban J connectivity index is 3.80. The maximum Gasteiger partial charge on any atom is 0.329 e. The first-order valence-corrected chi connectivity index (χ1v) is 3.86. The Bertz CT molecular complexity index is 140. The molecule has 0 heterocycles. The van der Waals surface area contributed by atoms with E-state index in [-0.39, 0.29) is 5.75 Å². The SMILES string of the molecule is CCOC(=O)[C@H](CS)NC=O. The Morgan fingerprint density at radius 3 is 2.82 bits per heavy atom. The highest BCUT2D eigenvalue weighted by Crippen LogP contribution is 1.90. The first-order valence-electron chi connectivity index (χ1n) is 3.23. The fraction of sp³-hybridized carbons (Fsp3) is 0.667. The van der Waals surface area contributed by atoms with Gasteiger partial charge in [-0.1, -0.05) is 0 Å². The topological polar surface area (TPSA) is 55.4 Å². The maximum atomic E-state index is 10.9. The minimum Gasteiger partial charge on any atom is -0.464 e. The normalized spacial score (nSPS) is 11.8. The molecule has 0 rings (SSSR count). The molecule has 0 unspecified atom stereocenters. The van der Waals surface area contributed by atoms with E-state index in [0.717, 1.165) is 0 Å². The van der Waals surface area contributed by atoms with Crippen LogP contribution in [0.4, 0.5) is 0 Å². The number of esters is 1. The number of rotatable bonds is 5. The van der Waals surface area contributed by atoms with Gasteiger partial charge in [0, 0.05) is 5.75 Å². The number of carbonyl (C=O) groups excluding carboxylic acids is 2. The molecule has 0 bridgehead atoms. The van der Waals surface area contributed by atoms with Crippen LogP contribution in [-0.2, 0) is 14.3 Å². The van der Waals surface area contributed by atoms with Gasteiger partial charge in [0.2, 0.25) is 6.41 Å². The molecular formula is C6H11NO3S. The fourth-order valence-corrected chi connectivity index (χ4v) is 0.775.